The van der Waals surface area contributed by atoms with Crippen LogP contribution in [0.1, 0.15) is 24.8 Å². The van der Waals surface area contributed by atoms with Crippen molar-refractivity contribution >= 4 is 44.8 Å². The van der Waals surface area contributed by atoms with Crippen LogP contribution in [0.4, 0.5) is 0 Å². The Morgan fingerprint density at radius 1 is 1.71 bits per heavy atom. The van der Waals surface area contributed by atoms with Gasteiger partial charge in [-0.15, -0.1) is 11.3 Å². The first-order valence-electron chi connectivity index (χ1n) is 5.50. The van der Waals surface area contributed by atoms with Gasteiger partial charge in [-0.3, -0.25) is 4.99 Å². The zero-order valence-electron chi connectivity index (χ0n) is 9.78. The predicted octanol–water partition coefficient (Wildman–Crippen LogP) is 3.49. The van der Waals surface area contributed by atoms with Crippen molar-refractivity contribution < 1.29 is 0 Å². The van der Waals surface area contributed by atoms with Crippen LogP contribution in [0.5, 0.6) is 0 Å². The summed E-state index contributed by atoms with van der Waals surface area (Å²) in [5.74, 6) is 1.20. The maximum Gasteiger partial charge on any atom is 0.191 e. The Morgan fingerprint density at radius 3 is 2.94 bits per heavy atom. The van der Waals surface area contributed by atoms with Gasteiger partial charge < -0.3 is 10.6 Å². The van der Waals surface area contributed by atoms with Crippen molar-refractivity contribution in [2.75, 3.05) is 13.1 Å². The first-order valence-corrected chi connectivity index (χ1v) is 7.49. The number of thiophene rings is 1. The number of hydrogen-bond donors (Lipinski definition) is 1. The van der Waals surface area contributed by atoms with E-state index in [1.165, 1.54) is 4.88 Å². The Hall–Kier alpha value is -0.260. The zero-order valence-corrected chi connectivity index (χ0v) is 12.9. The maximum atomic E-state index is 6.08. The molecule has 1 aromatic rings. The van der Waals surface area contributed by atoms with Crippen molar-refractivity contribution in [3.63, 3.8) is 0 Å². The lowest BCUT2D eigenvalue weighted by molar-refractivity contribution is 0.313. The fraction of sp³-hybridized carbons (Fsp3) is 0.545. The molecule has 0 saturated carbocycles. The third kappa shape index (κ3) is 2.77. The van der Waals surface area contributed by atoms with Crippen LogP contribution in [0.2, 0.25) is 4.34 Å². The Balaban J connectivity index is 2.21. The molecule has 1 atom stereocenters. The molecule has 0 radical (unpaired) electrons. The molecule has 0 fully saturated rings. The van der Waals surface area contributed by atoms with Gasteiger partial charge in [-0.05, 0) is 27.9 Å². The molecule has 94 valence electrons. The minimum Gasteiger partial charge on any atom is -0.370 e. The average Bonchev–Trinajstić information content (AvgIpc) is 2.73. The van der Waals surface area contributed by atoms with Gasteiger partial charge in [0.15, 0.2) is 5.96 Å². The summed E-state index contributed by atoms with van der Waals surface area (Å²) in [7, 11) is 0. The number of nitrogens with zero attached hydrogens (tertiary/aromatic N) is 2. The molecule has 2 N–H and O–H groups in total. The Bertz CT molecular complexity index is 424. The summed E-state index contributed by atoms with van der Waals surface area (Å²) in [4.78, 5) is 7.72. The monoisotopic (exact) mass is 335 g/mol. The molecular formula is C11H15BrClN3S. The maximum absolute atomic E-state index is 6.08. The van der Waals surface area contributed by atoms with Crippen LogP contribution in [0.3, 0.4) is 0 Å². The van der Waals surface area contributed by atoms with Crippen LogP contribution in [0.15, 0.2) is 15.5 Å². The van der Waals surface area contributed by atoms with Crippen LogP contribution >= 0.6 is 38.9 Å². The highest BCUT2D eigenvalue weighted by Gasteiger charge is 2.29. The molecule has 0 bridgehead atoms. The molecule has 1 aliphatic heterocycles. The summed E-state index contributed by atoms with van der Waals surface area (Å²) < 4.78 is 1.74. The normalized spacial score (nSPS) is 20.2. The van der Waals surface area contributed by atoms with Gasteiger partial charge in [-0.2, -0.15) is 0 Å². The first kappa shape index (κ1) is 13.2. The molecular weight excluding hydrogens is 322 g/mol. The molecule has 1 aliphatic rings. The number of rotatable bonds is 3. The van der Waals surface area contributed by atoms with E-state index >= 15 is 0 Å². The minimum atomic E-state index is 0.242. The molecule has 2 heterocycles. The molecule has 0 aromatic carbocycles. The van der Waals surface area contributed by atoms with Gasteiger partial charge in [-0.25, -0.2) is 0 Å². The van der Waals surface area contributed by atoms with Crippen LogP contribution in [0, 0.1) is 5.92 Å². The molecule has 0 saturated heterocycles. The van der Waals surface area contributed by atoms with E-state index in [-0.39, 0.29) is 6.04 Å². The lowest BCUT2D eigenvalue weighted by Crippen LogP contribution is -2.38. The lowest BCUT2D eigenvalue weighted by Gasteiger charge is -2.27. The molecule has 1 unspecified atom stereocenters. The molecule has 2 rings (SSSR count). The Labute approximate surface area is 119 Å². The first-order chi connectivity index (χ1) is 7.99. The van der Waals surface area contributed by atoms with Gasteiger partial charge in [0.25, 0.3) is 0 Å². The second kappa shape index (κ2) is 5.16. The lowest BCUT2D eigenvalue weighted by atomic mass is 10.1. The number of aliphatic imine (C=N–C) groups is 1. The quantitative estimate of drug-likeness (QED) is 0.918. The van der Waals surface area contributed by atoms with E-state index in [1.807, 2.05) is 0 Å². The standard InChI is InChI=1S/C11H15BrClN3S/c1-6(2)5-16-8(4-15-11(16)14)9-3-7(12)10(13)17-9/h3,6,8H,4-5H2,1-2H3,(H2,14,15). The van der Waals surface area contributed by atoms with Gasteiger partial charge in [0, 0.05) is 15.9 Å². The molecule has 6 heteroatoms. The van der Waals surface area contributed by atoms with Crippen LogP contribution in [-0.4, -0.2) is 23.9 Å². The number of halogens is 2. The second-order valence-electron chi connectivity index (χ2n) is 4.53. The largest absolute Gasteiger partial charge is 0.370 e. The second-order valence-corrected chi connectivity index (χ2v) is 7.07. The van der Waals surface area contributed by atoms with Crippen LogP contribution < -0.4 is 5.73 Å². The number of hydrogen-bond acceptors (Lipinski definition) is 4. The van der Waals surface area contributed by atoms with E-state index in [0.717, 1.165) is 21.9 Å². The van der Waals surface area contributed by atoms with Crippen LogP contribution in [0.25, 0.3) is 0 Å². The van der Waals surface area contributed by atoms with Gasteiger partial charge in [0.05, 0.1) is 12.6 Å². The highest BCUT2D eigenvalue weighted by molar-refractivity contribution is 9.10. The van der Waals surface area contributed by atoms with Crippen molar-refractivity contribution in [3.8, 4) is 0 Å². The van der Waals surface area contributed by atoms with Crippen molar-refractivity contribution in [1.82, 2.24) is 4.90 Å². The smallest absolute Gasteiger partial charge is 0.191 e. The molecule has 3 nitrogen and oxygen atoms in total. The Morgan fingerprint density at radius 2 is 2.41 bits per heavy atom. The highest BCUT2D eigenvalue weighted by atomic mass is 79.9. The van der Waals surface area contributed by atoms with Gasteiger partial charge >= 0.3 is 0 Å². The van der Waals surface area contributed by atoms with Crippen molar-refractivity contribution in [2.45, 2.75) is 19.9 Å². The molecule has 17 heavy (non-hydrogen) atoms. The third-order valence-corrected chi connectivity index (χ3v) is 5.23. The van der Waals surface area contributed by atoms with Gasteiger partial charge in [0.1, 0.15) is 4.34 Å². The number of nitrogens with two attached hydrogens (primary N) is 1. The molecule has 0 amide bonds. The summed E-state index contributed by atoms with van der Waals surface area (Å²) in [5, 5.41) is 0. The highest BCUT2D eigenvalue weighted by Crippen LogP contribution is 2.38. The third-order valence-electron chi connectivity index (χ3n) is 2.65. The summed E-state index contributed by atoms with van der Waals surface area (Å²) in [6, 6.07) is 2.31. The summed E-state index contributed by atoms with van der Waals surface area (Å²) in [6.07, 6.45) is 0. The zero-order chi connectivity index (χ0) is 12.6. The topological polar surface area (TPSA) is 41.6 Å². The predicted molar refractivity (Wildman–Crippen MR) is 77.8 cm³/mol. The summed E-state index contributed by atoms with van der Waals surface area (Å²) in [5.41, 5.74) is 5.94. The SMILES string of the molecule is CC(C)CN1C(N)=NCC1c1cc(Br)c(Cl)s1. The van der Waals surface area contributed by atoms with E-state index < -0.39 is 0 Å². The summed E-state index contributed by atoms with van der Waals surface area (Å²) >= 11 is 11.1. The molecule has 0 aliphatic carbocycles. The van der Waals surface area contributed by atoms with Crippen molar-refractivity contribution in [1.29, 1.82) is 0 Å². The molecule has 0 spiro atoms. The summed E-state index contributed by atoms with van der Waals surface area (Å²) in [6.45, 7) is 6.01. The Kier molecular flexibility index (Phi) is 4.00. The van der Waals surface area contributed by atoms with E-state index in [2.05, 4.69) is 45.7 Å². The van der Waals surface area contributed by atoms with Crippen molar-refractivity contribution in [3.05, 3.63) is 19.8 Å². The van der Waals surface area contributed by atoms with Crippen LogP contribution in [-0.2, 0) is 0 Å². The van der Waals surface area contributed by atoms with Gasteiger partial charge in [-0.1, -0.05) is 25.4 Å². The van der Waals surface area contributed by atoms with Crippen molar-refractivity contribution in [2.24, 2.45) is 16.6 Å². The fourth-order valence-corrected chi connectivity index (χ4v) is 3.76. The average molecular weight is 337 g/mol. The molecule has 1 aromatic heterocycles. The van der Waals surface area contributed by atoms with E-state index in [1.54, 1.807) is 11.3 Å². The van der Waals surface area contributed by atoms with E-state index in [4.69, 9.17) is 17.3 Å². The van der Waals surface area contributed by atoms with E-state index in [9.17, 15) is 0 Å². The number of guanidine groups is 1. The van der Waals surface area contributed by atoms with Gasteiger partial charge in [0.2, 0.25) is 0 Å². The fourth-order valence-electron chi connectivity index (χ4n) is 1.91. The minimum absolute atomic E-state index is 0.242. The van der Waals surface area contributed by atoms with E-state index in [0.29, 0.717) is 11.9 Å².